The van der Waals surface area contributed by atoms with Crippen LogP contribution in [0.1, 0.15) is 10.4 Å². The van der Waals surface area contributed by atoms with E-state index in [0.717, 1.165) is 0 Å². The van der Waals surface area contributed by atoms with E-state index in [4.69, 9.17) is 4.74 Å². The highest BCUT2D eigenvalue weighted by atomic mass is 16.5. The molecule has 0 aliphatic rings. The summed E-state index contributed by atoms with van der Waals surface area (Å²) in [5, 5.41) is 2.86. The standard InChI is InChI=1S/C20H14N4O2/c25-20(14-12-17-19(23-13-14)22-11-10-21-17)24-16-8-4-5-9-18(16)26-15-6-2-1-3-7-15/h1-13H,(H,24,25). The average Bonchev–Trinajstić information content (AvgIpc) is 2.70. The van der Waals surface area contributed by atoms with E-state index in [2.05, 4.69) is 20.3 Å². The van der Waals surface area contributed by atoms with Gasteiger partial charge in [-0.15, -0.1) is 0 Å². The van der Waals surface area contributed by atoms with Crippen LogP contribution < -0.4 is 10.1 Å². The number of fused-ring (bicyclic) bond motifs is 1. The number of nitrogens with zero attached hydrogens (tertiary/aromatic N) is 3. The molecule has 0 saturated heterocycles. The predicted octanol–water partition coefficient (Wildman–Crippen LogP) is 4.07. The number of aromatic nitrogens is 3. The lowest BCUT2D eigenvalue weighted by Gasteiger charge is -2.12. The number of amides is 1. The third-order valence-electron chi connectivity index (χ3n) is 3.69. The Labute approximate surface area is 149 Å². The van der Waals surface area contributed by atoms with E-state index in [1.807, 2.05) is 42.5 Å². The SMILES string of the molecule is O=C(Nc1ccccc1Oc1ccccc1)c1cnc2nccnc2c1. The molecule has 0 fully saturated rings. The van der Waals surface area contributed by atoms with Crippen molar-refractivity contribution in [3.05, 3.63) is 84.8 Å². The Balaban J connectivity index is 1.59. The van der Waals surface area contributed by atoms with Crippen LogP contribution in [0.15, 0.2) is 79.3 Å². The van der Waals surface area contributed by atoms with Crippen LogP contribution >= 0.6 is 0 Å². The number of nitrogens with one attached hydrogen (secondary N) is 1. The van der Waals surface area contributed by atoms with Crippen LogP contribution in [0.5, 0.6) is 11.5 Å². The fourth-order valence-corrected chi connectivity index (χ4v) is 2.45. The summed E-state index contributed by atoms with van der Waals surface area (Å²) in [4.78, 5) is 25.1. The lowest BCUT2D eigenvalue weighted by molar-refractivity contribution is 0.102. The maximum absolute atomic E-state index is 12.6. The molecule has 6 nitrogen and oxygen atoms in total. The highest BCUT2D eigenvalue weighted by Crippen LogP contribution is 2.29. The second-order valence-electron chi connectivity index (χ2n) is 5.49. The van der Waals surface area contributed by atoms with Gasteiger partial charge in [0.2, 0.25) is 0 Å². The Morgan fingerprint density at radius 2 is 1.65 bits per heavy atom. The smallest absolute Gasteiger partial charge is 0.257 e. The molecule has 0 atom stereocenters. The molecule has 1 amide bonds. The molecule has 0 aliphatic carbocycles. The number of rotatable bonds is 4. The zero-order valence-corrected chi connectivity index (χ0v) is 13.7. The molecule has 0 spiro atoms. The van der Waals surface area contributed by atoms with Gasteiger partial charge in [-0.25, -0.2) is 9.97 Å². The molecule has 0 radical (unpaired) electrons. The summed E-state index contributed by atoms with van der Waals surface area (Å²) in [7, 11) is 0. The van der Waals surface area contributed by atoms with Gasteiger partial charge < -0.3 is 10.1 Å². The molecule has 2 aromatic carbocycles. The topological polar surface area (TPSA) is 77.0 Å². The van der Waals surface area contributed by atoms with Crippen molar-refractivity contribution in [2.75, 3.05) is 5.32 Å². The van der Waals surface area contributed by atoms with Crippen molar-refractivity contribution < 1.29 is 9.53 Å². The molecule has 26 heavy (non-hydrogen) atoms. The first-order valence-electron chi connectivity index (χ1n) is 8.00. The summed E-state index contributed by atoms with van der Waals surface area (Å²) in [5.74, 6) is 0.951. The van der Waals surface area contributed by atoms with Crippen LogP contribution in [0.25, 0.3) is 11.2 Å². The Kier molecular flexibility index (Phi) is 4.22. The molecule has 4 rings (SSSR count). The van der Waals surface area contributed by atoms with Crippen molar-refractivity contribution in [3.8, 4) is 11.5 Å². The van der Waals surface area contributed by atoms with Crippen LogP contribution in [-0.4, -0.2) is 20.9 Å². The van der Waals surface area contributed by atoms with Gasteiger partial charge in [-0.2, -0.15) is 0 Å². The number of carbonyl (C=O) groups is 1. The molecule has 0 unspecified atom stereocenters. The summed E-state index contributed by atoms with van der Waals surface area (Å²) in [6.07, 6.45) is 4.61. The first kappa shape index (κ1) is 15.7. The van der Waals surface area contributed by atoms with Crippen molar-refractivity contribution in [2.24, 2.45) is 0 Å². The Morgan fingerprint density at radius 3 is 2.54 bits per heavy atom. The maximum atomic E-state index is 12.6. The van der Waals surface area contributed by atoms with E-state index in [0.29, 0.717) is 33.9 Å². The van der Waals surface area contributed by atoms with Crippen LogP contribution in [0.4, 0.5) is 5.69 Å². The molecular formula is C20H14N4O2. The lowest BCUT2D eigenvalue weighted by Crippen LogP contribution is -2.13. The first-order valence-corrected chi connectivity index (χ1v) is 8.00. The quantitative estimate of drug-likeness (QED) is 0.605. The van der Waals surface area contributed by atoms with Crippen LogP contribution in [0.3, 0.4) is 0 Å². The van der Waals surface area contributed by atoms with E-state index in [9.17, 15) is 4.79 Å². The molecule has 0 aliphatic heterocycles. The Hall–Kier alpha value is -3.80. The number of ether oxygens (including phenoxy) is 1. The fourth-order valence-electron chi connectivity index (χ4n) is 2.45. The molecule has 2 aromatic heterocycles. The minimum absolute atomic E-state index is 0.297. The number of hydrogen-bond acceptors (Lipinski definition) is 5. The van der Waals surface area contributed by atoms with E-state index in [1.165, 1.54) is 6.20 Å². The lowest BCUT2D eigenvalue weighted by atomic mass is 10.2. The molecule has 2 heterocycles. The summed E-state index contributed by atoms with van der Waals surface area (Å²) >= 11 is 0. The van der Waals surface area contributed by atoms with Crippen molar-refractivity contribution in [2.45, 2.75) is 0 Å². The summed E-state index contributed by atoms with van der Waals surface area (Å²) in [6.45, 7) is 0. The van der Waals surface area contributed by atoms with Gasteiger partial charge in [0.1, 0.15) is 11.3 Å². The third-order valence-corrected chi connectivity index (χ3v) is 3.69. The van der Waals surface area contributed by atoms with Gasteiger partial charge in [0.15, 0.2) is 11.4 Å². The monoisotopic (exact) mass is 342 g/mol. The van der Waals surface area contributed by atoms with E-state index in [1.54, 1.807) is 30.6 Å². The highest BCUT2D eigenvalue weighted by Gasteiger charge is 2.12. The summed E-state index contributed by atoms with van der Waals surface area (Å²) in [5.41, 5.74) is 2.03. The molecule has 126 valence electrons. The van der Waals surface area contributed by atoms with E-state index < -0.39 is 0 Å². The fraction of sp³-hybridized carbons (Fsp3) is 0. The van der Waals surface area contributed by atoms with Crippen molar-refractivity contribution in [1.82, 2.24) is 15.0 Å². The van der Waals surface area contributed by atoms with Gasteiger partial charge in [-0.3, -0.25) is 9.78 Å². The van der Waals surface area contributed by atoms with Gasteiger partial charge in [-0.1, -0.05) is 30.3 Å². The van der Waals surface area contributed by atoms with Gasteiger partial charge >= 0.3 is 0 Å². The molecule has 1 N–H and O–H groups in total. The number of carbonyl (C=O) groups excluding carboxylic acids is 1. The minimum atomic E-state index is -0.297. The van der Waals surface area contributed by atoms with Crippen molar-refractivity contribution >= 4 is 22.8 Å². The first-order chi connectivity index (χ1) is 12.8. The number of pyridine rings is 1. The normalized spacial score (nSPS) is 10.5. The van der Waals surface area contributed by atoms with Crippen molar-refractivity contribution in [1.29, 1.82) is 0 Å². The average molecular weight is 342 g/mol. The van der Waals surface area contributed by atoms with Crippen molar-refractivity contribution in [3.63, 3.8) is 0 Å². The number of para-hydroxylation sites is 3. The minimum Gasteiger partial charge on any atom is -0.455 e. The van der Waals surface area contributed by atoms with Crippen LogP contribution in [0.2, 0.25) is 0 Å². The zero-order chi connectivity index (χ0) is 17.8. The number of benzene rings is 2. The van der Waals surface area contributed by atoms with Gasteiger partial charge in [0, 0.05) is 18.6 Å². The largest absolute Gasteiger partial charge is 0.455 e. The molecule has 6 heteroatoms. The van der Waals surface area contributed by atoms with Gasteiger partial charge in [0.05, 0.1) is 11.3 Å². The zero-order valence-electron chi connectivity index (χ0n) is 13.7. The van der Waals surface area contributed by atoms with Crippen LogP contribution in [-0.2, 0) is 0 Å². The Morgan fingerprint density at radius 1 is 0.885 bits per heavy atom. The maximum Gasteiger partial charge on any atom is 0.257 e. The van der Waals surface area contributed by atoms with E-state index >= 15 is 0 Å². The van der Waals surface area contributed by atoms with Gasteiger partial charge in [0.25, 0.3) is 5.91 Å². The molecule has 4 aromatic rings. The van der Waals surface area contributed by atoms with E-state index in [-0.39, 0.29) is 5.91 Å². The number of hydrogen-bond donors (Lipinski definition) is 1. The third kappa shape index (κ3) is 3.34. The summed E-state index contributed by atoms with van der Waals surface area (Å²) in [6, 6.07) is 18.3. The van der Waals surface area contributed by atoms with Crippen LogP contribution in [0, 0.1) is 0 Å². The molecule has 0 saturated carbocycles. The molecular weight excluding hydrogens is 328 g/mol. The van der Waals surface area contributed by atoms with Gasteiger partial charge in [-0.05, 0) is 30.3 Å². The predicted molar refractivity (Wildman–Crippen MR) is 98.2 cm³/mol. The second-order valence-corrected chi connectivity index (χ2v) is 5.49. The second kappa shape index (κ2) is 6.98. The Bertz CT molecular complexity index is 1070. The summed E-state index contributed by atoms with van der Waals surface area (Å²) < 4.78 is 5.86. The highest BCUT2D eigenvalue weighted by molar-refractivity contribution is 6.06. The number of anilines is 1. The molecule has 0 bridgehead atoms.